The fraction of sp³-hybridized carbons (Fsp3) is 0.733. The molecule has 0 saturated carbocycles. The van der Waals surface area contributed by atoms with Crippen molar-refractivity contribution in [1.29, 1.82) is 0 Å². The van der Waals surface area contributed by atoms with Crippen molar-refractivity contribution >= 4 is 11.8 Å². The highest BCUT2D eigenvalue weighted by atomic mass is 15.2. The Kier molecular flexibility index (Phi) is 3.78. The Morgan fingerprint density at radius 1 is 1.20 bits per heavy atom. The molecule has 2 aliphatic rings. The van der Waals surface area contributed by atoms with Gasteiger partial charge in [0.1, 0.15) is 5.82 Å². The number of nitrogens with zero attached hydrogens (tertiary/aromatic N) is 3. The van der Waals surface area contributed by atoms with E-state index in [4.69, 9.17) is 0 Å². The Balaban J connectivity index is 1.70. The lowest BCUT2D eigenvalue weighted by molar-refractivity contribution is 0.0608. The molecule has 110 valence electrons. The maximum Gasteiger partial charge on any atom is 0.224 e. The summed E-state index contributed by atoms with van der Waals surface area (Å²) in [7, 11) is 4.15. The van der Waals surface area contributed by atoms with Gasteiger partial charge in [0, 0.05) is 36.9 Å². The van der Waals surface area contributed by atoms with Gasteiger partial charge in [0.25, 0.3) is 0 Å². The molecule has 2 bridgehead atoms. The molecule has 2 aliphatic heterocycles. The smallest absolute Gasteiger partial charge is 0.224 e. The molecule has 0 aliphatic carbocycles. The minimum atomic E-state index is 0.542. The first kappa shape index (κ1) is 13.6. The van der Waals surface area contributed by atoms with Gasteiger partial charge in [0.15, 0.2) is 0 Å². The van der Waals surface area contributed by atoms with Gasteiger partial charge in [0.05, 0.1) is 0 Å². The number of anilines is 2. The van der Waals surface area contributed by atoms with E-state index < -0.39 is 0 Å². The van der Waals surface area contributed by atoms with Crippen molar-refractivity contribution in [3.8, 4) is 0 Å². The van der Waals surface area contributed by atoms with Crippen molar-refractivity contribution < 1.29 is 0 Å². The summed E-state index contributed by atoms with van der Waals surface area (Å²) in [4.78, 5) is 11.4. The number of piperidine rings is 2. The van der Waals surface area contributed by atoms with Gasteiger partial charge in [-0.1, -0.05) is 6.42 Å². The van der Waals surface area contributed by atoms with Crippen molar-refractivity contribution in [2.45, 2.75) is 57.2 Å². The second kappa shape index (κ2) is 5.56. The summed E-state index contributed by atoms with van der Waals surface area (Å²) in [6.07, 6.45) is 6.53. The molecule has 2 atom stereocenters. The maximum absolute atomic E-state index is 4.51. The molecule has 0 aromatic carbocycles. The van der Waals surface area contributed by atoms with Gasteiger partial charge in [-0.3, -0.25) is 0 Å². The van der Waals surface area contributed by atoms with Crippen LogP contribution in [-0.2, 0) is 0 Å². The molecule has 0 radical (unpaired) electrons. The highest BCUT2D eigenvalue weighted by molar-refractivity contribution is 5.42. The molecule has 20 heavy (non-hydrogen) atoms. The fourth-order valence-electron chi connectivity index (χ4n) is 3.70. The molecule has 1 aromatic heterocycles. The van der Waals surface area contributed by atoms with Crippen LogP contribution in [0.15, 0.2) is 6.07 Å². The normalized spacial score (nSPS) is 30.1. The number of hydrogen-bond acceptors (Lipinski definition) is 5. The average Bonchev–Trinajstić information content (AvgIpc) is 2.39. The Bertz CT molecular complexity index is 461. The van der Waals surface area contributed by atoms with E-state index in [9.17, 15) is 0 Å². The third-order valence-electron chi connectivity index (χ3n) is 4.77. The number of nitrogens with one attached hydrogen (secondary N) is 2. The summed E-state index contributed by atoms with van der Waals surface area (Å²) in [5.41, 5.74) is 1.000. The van der Waals surface area contributed by atoms with E-state index in [0.29, 0.717) is 12.0 Å². The van der Waals surface area contributed by atoms with Crippen LogP contribution in [0.5, 0.6) is 0 Å². The lowest BCUT2D eigenvalue weighted by Crippen LogP contribution is -2.52. The van der Waals surface area contributed by atoms with Crippen LogP contribution in [0.4, 0.5) is 11.8 Å². The topological polar surface area (TPSA) is 53.1 Å². The molecular weight excluding hydrogens is 250 g/mol. The van der Waals surface area contributed by atoms with Crippen molar-refractivity contribution in [3.63, 3.8) is 0 Å². The van der Waals surface area contributed by atoms with Crippen LogP contribution in [-0.4, -0.2) is 47.1 Å². The Morgan fingerprint density at radius 2 is 1.90 bits per heavy atom. The molecule has 2 saturated heterocycles. The molecule has 0 amide bonds. The monoisotopic (exact) mass is 275 g/mol. The molecule has 5 nitrogen and oxygen atoms in total. The second-order valence-electron chi connectivity index (χ2n) is 6.18. The van der Waals surface area contributed by atoms with E-state index >= 15 is 0 Å². The third kappa shape index (κ3) is 2.73. The number of rotatable bonds is 3. The summed E-state index contributed by atoms with van der Waals surface area (Å²) in [5, 5.41) is 6.65. The van der Waals surface area contributed by atoms with Crippen LogP contribution in [0.2, 0.25) is 0 Å². The SMILES string of the molecule is CNc1nc(C)cc(NC2CC3CCCC(C2)N3C)n1. The number of aromatic nitrogens is 2. The summed E-state index contributed by atoms with van der Waals surface area (Å²) in [6, 6.07) is 4.06. The summed E-state index contributed by atoms with van der Waals surface area (Å²) >= 11 is 0. The Labute approximate surface area is 121 Å². The van der Waals surface area contributed by atoms with E-state index in [1.54, 1.807) is 0 Å². The predicted molar refractivity (Wildman–Crippen MR) is 82.2 cm³/mol. The fourth-order valence-corrected chi connectivity index (χ4v) is 3.70. The zero-order valence-corrected chi connectivity index (χ0v) is 12.7. The predicted octanol–water partition coefficient (Wildman–Crippen LogP) is 2.25. The van der Waals surface area contributed by atoms with Crippen LogP contribution < -0.4 is 10.6 Å². The maximum atomic E-state index is 4.51. The van der Waals surface area contributed by atoms with E-state index in [1.807, 2.05) is 20.0 Å². The molecule has 3 rings (SSSR count). The highest BCUT2D eigenvalue weighted by Crippen LogP contribution is 2.33. The lowest BCUT2D eigenvalue weighted by Gasteiger charge is -2.47. The molecule has 0 spiro atoms. The molecule has 2 fully saturated rings. The first-order valence-corrected chi connectivity index (χ1v) is 7.67. The number of hydrogen-bond donors (Lipinski definition) is 2. The largest absolute Gasteiger partial charge is 0.367 e. The van der Waals surface area contributed by atoms with Gasteiger partial charge < -0.3 is 15.5 Å². The van der Waals surface area contributed by atoms with Crippen LogP contribution in [0.3, 0.4) is 0 Å². The van der Waals surface area contributed by atoms with Gasteiger partial charge >= 0.3 is 0 Å². The first-order valence-electron chi connectivity index (χ1n) is 7.67. The average molecular weight is 275 g/mol. The quantitative estimate of drug-likeness (QED) is 0.886. The molecular formula is C15H25N5. The van der Waals surface area contributed by atoms with Crippen molar-refractivity contribution in [2.75, 3.05) is 24.7 Å². The standard InChI is InChI=1S/C15H25N5/c1-10-7-14(19-15(16-2)17-10)18-11-8-12-5-4-6-13(9-11)20(12)3/h7,11-13H,4-6,8-9H2,1-3H3,(H2,16,17,18,19). The van der Waals surface area contributed by atoms with E-state index in [2.05, 4.69) is 32.5 Å². The lowest BCUT2D eigenvalue weighted by atomic mass is 9.82. The molecule has 5 heteroatoms. The first-order chi connectivity index (χ1) is 9.65. The Morgan fingerprint density at radius 3 is 2.55 bits per heavy atom. The summed E-state index contributed by atoms with van der Waals surface area (Å²) in [6.45, 7) is 2.01. The van der Waals surface area contributed by atoms with Crippen LogP contribution in [0, 0.1) is 6.92 Å². The molecule has 2 unspecified atom stereocenters. The van der Waals surface area contributed by atoms with Crippen LogP contribution >= 0.6 is 0 Å². The summed E-state index contributed by atoms with van der Waals surface area (Å²) in [5.74, 6) is 1.65. The number of aryl methyl sites for hydroxylation is 1. The Hall–Kier alpha value is -1.36. The van der Waals surface area contributed by atoms with Gasteiger partial charge in [-0.15, -0.1) is 0 Å². The van der Waals surface area contributed by atoms with Gasteiger partial charge in [-0.2, -0.15) is 4.98 Å². The van der Waals surface area contributed by atoms with Gasteiger partial charge in [-0.05, 0) is 39.7 Å². The molecule has 1 aromatic rings. The molecule has 2 N–H and O–H groups in total. The van der Waals surface area contributed by atoms with Crippen LogP contribution in [0.1, 0.15) is 37.8 Å². The second-order valence-corrected chi connectivity index (χ2v) is 6.18. The van der Waals surface area contributed by atoms with Gasteiger partial charge in [0.2, 0.25) is 5.95 Å². The molecule has 3 heterocycles. The van der Waals surface area contributed by atoms with Crippen molar-refractivity contribution in [1.82, 2.24) is 14.9 Å². The van der Waals surface area contributed by atoms with E-state index in [1.165, 1.54) is 32.1 Å². The van der Waals surface area contributed by atoms with Gasteiger partial charge in [-0.25, -0.2) is 4.98 Å². The minimum Gasteiger partial charge on any atom is -0.367 e. The third-order valence-corrected chi connectivity index (χ3v) is 4.77. The van der Waals surface area contributed by atoms with Crippen molar-refractivity contribution in [2.24, 2.45) is 0 Å². The van der Waals surface area contributed by atoms with Crippen molar-refractivity contribution in [3.05, 3.63) is 11.8 Å². The van der Waals surface area contributed by atoms with E-state index in [0.717, 1.165) is 23.6 Å². The van der Waals surface area contributed by atoms with E-state index in [-0.39, 0.29) is 0 Å². The van der Waals surface area contributed by atoms with Crippen LogP contribution in [0.25, 0.3) is 0 Å². The summed E-state index contributed by atoms with van der Waals surface area (Å²) < 4.78 is 0. The highest BCUT2D eigenvalue weighted by Gasteiger charge is 2.35. The number of fused-ring (bicyclic) bond motifs is 2. The zero-order chi connectivity index (χ0) is 14.1. The minimum absolute atomic E-state index is 0.542. The zero-order valence-electron chi connectivity index (χ0n) is 12.7.